The molecule has 9 rings (SSSR count). The minimum absolute atomic E-state index is 0.0438. The van der Waals surface area contributed by atoms with Crippen molar-refractivity contribution in [2.75, 3.05) is 13.2 Å². The zero-order valence-corrected chi connectivity index (χ0v) is 71.1. The fourth-order valence-corrected chi connectivity index (χ4v) is 16.5. The molecule has 4 N–H and O–H groups in total. The molecule has 3 aliphatic heterocycles. The quantitative estimate of drug-likeness (QED) is 0.0120. The second kappa shape index (κ2) is 54.3. The van der Waals surface area contributed by atoms with E-state index in [2.05, 4.69) is 38.3 Å². The monoisotopic (exact) mass is 1650 g/mol. The summed E-state index contributed by atoms with van der Waals surface area (Å²) in [6.07, 6.45) is 4.59. The van der Waals surface area contributed by atoms with Crippen LogP contribution in [-0.4, -0.2) is 133 Å². The van der Waals surface area contributed by atoms with Crippen LogP contribution in [0.3, 0.4) is 0 Å². The summed E-state index contributed by atoms with van der Waals surface area (Å²) in [7, 11) is -4.73. The van der Waals surface area contributed by atoms with Crippen molar-refractivity contribution in [3.8, 4) is 0 Å². The molecule has 14 atom stereocenters. The van der Waals surface area contributed by atoms with Gasteiger partial charge in [-0.1, -0.05) is 332 Å². The van der Waals surface area contributed by atoms with E-state index in [-0.39, 0.29) is 78.5 Å². The Morgan fingerprint density at radius 3 is 1.14 bits per heavy atom. The highest BCUT2D eigenvalue weighted by atomic mass is 31.2. The predicted molar refractivity (Wildman–Crippen MR) is 452 cm³/mol. The lowest BCUT2D eigenvalue weighted by atomic mass is 9.96. The Morgan fingerprint density at radius 2 is 0.746 bits per heavy atom. The number of carbonyl (C=O) groups is 4. The van der Waals surface area contributed by atoms with E-state index in [9.17, 15) is 19.8 Å². The lowest BCUT2D eigenvalue weighted by Crippen LogP contribution is -2.68. The molecule has 22 nitrogen and oxygen atoms in total. The third-order valence-corrected chi connectivity index (χ3v) is 23.3. The van der Waals surface area contributed by atoms with Gasteiger partial charge in [0.05, 0.1) is 110 Å². The topological polar surface area (TPSA) is 270 Å². The Bertz CT molecular complexity index is 3750. The first-order valence-corrected chi connectivity index (χ1v) is 45.3. The Labute approximate surface area is 701 Å². The molecule has 2 fully saturated rings. The van der Waals surface area contributed by atoms with E-state index in [0.29, 0.717) is 36.8 Å². The lowest BCUT2D eigenvalue weighted by molar-refractivity contribution is -0.300. The minimum Gasteiger partial charge on any atom is -0.457 e. The van der Waals surface area contributed by atoms with Gasteiger partial charge < -0.3 is 68.2 Å². The van der Waals surface area contributed by atoms with Gasteiger partial charge in [-0.15, -0.1) is 0 Å². The van der Waals surface area contributed by atoms with Gasteiger partial charge >= 0.3 is 19.8 Å². The maximum atomic E-state index is 15.6. The van der Waals surface area contributed by atoms with Gasteiger partial charge in [0.25, 0.3) is 0 Å². The van der Waals surface area contributed by atoms with Crippen LogP contribution in [0.1, 0.15) is 246 Å². The van der Waals surface area contributed by atoms with E-state index in [4.69, 9.17) is 60.9 Å². The molecule has 3 heterocycles. The number of carbonyl (C=O) groups excluding carboxylic acids is 4. The normalized spacial score (nSPS) is 21.4. The van der Waals surface area contributed by atoms with Gasteiger partial charge in [-0.3, -0.25) is 32.7 Å². The molecule has 118 heavy (non-hydrogen) atoms. The molecule has 0 spiro atoms. The summed E-state index contributed by atoms with van der Waals surface area (Å²) in [5.41, 5.74) is 5.84. The summed E-state index contributed by atoms with van der Waals surface area (Å²) in [6.45, 7) is 8.13. The van der Waals surface area contributed by atoms with Crippen molar-refractivity contribution in [3.05, 3.63) is 215 Å². The van der Waals surface area contributed by atoms with E-state index in [1.165, 1.54) is 0 Å². The standard InChI is InChI=1S/C95H133N2O20P/c1-5-9-13-17-36-54-78(106-63-72-44-28-22-29-45-72)58-84(98)96-88-92(115-86(100)60-80(56-38-19-15-11-7-3)108-65-74-48-32-24-33-49-74)90(102)82(113-94(88)103)70-110-95-89(97-85(99)59-79(55-37-18-14-10-6-2)107-64-73-46-30-23-31-47-73)93(116-87(101)61-81(57-39-20-16-12-8-4)109-66-75-50-34-25-35-51-75)91(83(114-95)69-105-62-71-42-26-21-27-43-71)117-118(104)111-67-76-52-40-41-53-77(76)68-112-118/h21-35,40-53,78-83,88-95,102-103H,5-20,36-39,54-70H2,1-4H3,(H,96,98)(H,97,99)/t78-,79-,80-,81-,82-,83-,88-,89-,90-,91-,92-,93-,94?,95-/m1/s1/i95+1. The number of hydrogen-bond donors (Lipinski definition) is 4. The van der Waals surface area contributed by atoms with Crippen molar-refractivity contribution in [1.29, 1.82) is 0 Å². The van der Waals surface area contributed by atoms with Crippen LogP contribution in [0.5, 0.6) is 0 Å². The number of fused-ring (bicyclic) bond motifs is 1. The number of unbranched alkanes of at least 4 members (excludes halogenated alkanes) is 16. The van der Waals surface area contributed by atoms with Crippen molar-refractivity contribution in [2.45, 2.75) is 339 Å². The highest BCUT2D eigenvalue weighted by Crippen LogP contribution is 2.55. The number of aliphatic hydroxyl groups is 2. The van der Waals surface area contributed by atoms with E-state index in [1.807, 2.05) is 176 Å². The van der Waals surface area contributed by atoms with Crippen LogP contribution in [-0.2, 0) is 131 Å². The van der Waals surface area contributed by atoms with Crippen molar-refractivity contribution in [2.24, 2.45) is 0 Å². The van der Waals surface area contributed by atoms with E-state index >= 15 is 14.2 Å². The number of amides is 2. The second-order valence-electron chi connectivity index (χ2n) is 31.7. The van der Waals surface area contributed by atoms with Crippen LogP contribution in [0.15, 0.2) is 176 Å². The highest BCUT2D eigenvalue weighted by Gasteiger charge is 2.55. The Hall–Kier alpha value is -7.09. The molecule has 0 bridgehead atoms. The Morgan fingerprint density at radius 1 is 0.398 bits per heavy atom. The predicted octanol–water partition coefficient (Wildman–Crippen LogP) is 18.4. The smallest absolute Gasteiger partial charge is 0.457 e. The molecule has 0 aromatic heterocycles. The van der Waals surface area contributed by atoms with E-state index in [0.717, 1.165) is 156 Å². The lowest BCUT2D eigenvalue weighted by Gasteiger charge is -2.47. The van der Waals surface area contributed by atoms with Gasteiger partial charge in [0.15, 0.2) is 24.8 Å². The summed E-state index contributed by atoms with van der Waals surface area (Å²) in [6, 6.07) is 52.2. The first-order chi connectivity index (χ1) is 57.7. The summed E-state index contributed by atoms with van der Waals surface area (Å²) >= 11 is 0. The molecule has 6 aromatic rings. The minimum atomic E-state index is -4.73. The zero-order valence-electron chi connectivity index (χ0n) is 70.2. The van der Waals surface area contributed by atoms with Gasteiger partial charge in [-0.2, -0.15) is 0 Å². The summed E-state index contributed by atoms with van der Waals surface area (Å²) in [5.74, 6) is -2.66. The van der Waals surface area contributed by atoms with Crippen molar-refractivity contribution >= 4 is 31.6 Å². The number of rotatable bonds is 57. The molecule has 648 valence electrons. The van der Waals surface area contributed by atoms with Crippen LogP contribution < -0.4 is 10.6 Å². The maximum Gasteiger partial charge on any atom is 0.475 e. The van der Waals surface area contributed by atoms with E-state index < -0.39 is 124 Å². The SMILES string of the molecule is CCCCCCC[C@H](CC(=O)N[C@@H]1[C@@H](OC(=O)C[C@@H](CCCCCCC)OCc2ccccc2)[C@H](OP2(=O)OCc3ccccc3CO2)[C@@H](COCc2ccccc2)O[13C@H]1OC[C@H]1OC(O)[C@H](NC(=O)C[C@@H](CCCCCCC)OCc2ccccc2)[C@@H](OC(=O)C[C@@H](CCCCCCC)OCc2ccccc2)[C@@H]1O)OCc1ccccc1. The Kier molecular flexibility index (Phi) is 43.6. The fraction of sp³-hybridized carbons (Fsp3) is 0.579. The second-order valence-corrected chi connectivity index (χ2v) is 33.3. The first kappa shape index (κ1) is 94.8. The molecule has 23 heteroatoms. The van der Waals surface area contributed by atoms with Crippen LogP contribution in [0.4, 0.5) is 0 Å². The third kappa shape index (κ3) is 34.4. The Balaban J connectivity index is 1.09. The number of hydrogen-bond acceptors (Lipinski definition) is 20. The van der Waals surface area contributed by atoms with Crippen molar-refractivity contribution < 1.29 is 94.9 Å². The van der Waals surface area contributed by atoms with Gasteiger partial charge in [0, 0.05) is 0 Å². The molecule has 0 aliphatic carbocycles. The molecule has 0 saturated carbocycles. The number of phosphoric ester groups is 1. The molecule has 2 saturated heterocycles. The van der Waals surface area contributed by atoms with Crippen LogP contribution in [0.2, 0.25) is 0 Å². The summed E-state index contributed by atoms with van der Waals surface area (Å²) in [4.78, 5) is 60.7. The number of nitrogens with one attached hydrogen (secondary N) is 2. The zero-order chi connectivity index (χ0) is 83.2. The molecule has 1 unspecified atom stereocenters. The van der Waals surface area contributed by atoms with Gasteiger partial charge in [-0.25, -0.2) is 4.57 Å². The largest absolute Gasteiger partial charge is 0.475 e. The molecule has 2 amide bonds. The molecule has 0 radical (unpaired) electrons. The molecular formula is C95H133N2O20P. The van der Waals surface area contributed by atoms with Crippen molar-refractivity contribution in [3.63, 3.8) is 0 Å². The average molecular weight is 1660 g/mol. The average Bonchev–Trinajstić information content (AvgIpc) is 0.976. The summed E-state index contributed by atoms with van der Waals surface area (Å²) in [5, 5.41) is 31.6. The third-order valence-electron chi connectivity index (χ3n) is 21.9. The molecule has 6 aromatic carbocycles. The number of ether oxygens (including phenoxy) is 10. The molecule has 3 aliphatic rings. The maximum absolute atomic E-state index is 15.6. The van der Waals surface area contributed by atoms with Gasteiger partial charge in [0.1, 0.15) is 36.5 Å². The van der Waals surface area contributed by atoms with Gasteiger partial charge in [0.2, 0.25) is 11.8 Å². The first-order valence-electron chi connectivity index (χ1n) is 43.8. The van der Waals surface area contributed by atoms with Crippen LogP contribution in [0, 0.1) is 0 Å². The number of phosphoric acid groups is 1. The highest BCUT2D eigenvalue weighted by molar-refractivity contribution is 7.48. The van der Waals surface area contributed by atoms with Crippen LogP contribution in [0.25, 0.3) is 0 Å². The van der Waals surface area contributed by atoms with Gasteiger partial charge in [-0.05, 0) is 64.6 Å². The van der Waals surface area contributed by atoms with Crippen LogP contribution >= 0.6 is 7.82 Å². The summed E-state index contributed by atoms with van der Waals surface area (Å²) < 4.78 is 101. The van der Waals surface area contributed by atoms with Crippen molar-refractivity contribution in [1.82, 2.24) is 10.6 Å². The fourth-order valence-electron chi connectivity index (χ4n) is 15.1. The number of benzene rings is 6. The number of esters is 2. The number of aliphatic hydroxyl groups excluding tert-OH is 2. The molecular weight excluding hydrogens is 1520 g/mol. The van der Waals surface area contributed by atoms with E-state index in [1.54, 1.807) is 0 Å².